The molecule has 1 atom stereocenters. The Morgan fingerprint density at radius 3 is 2.84 bits per heavy atom. The number of carbonyl (C=O) groups excluding carboxylic acids is 1. The molecule has 9 heteroatoms. The topological polar surface area (TPSA) is 135 Å². The Labute approximate surface area is 179 Å². The quantitative estimate of drug-likeness (QED) is 0.493. The molecule has 1 saturated heterocycles. The average molecular weight is 427 g/mol. The second-order valence-corrected chi connectivity index (χ2v) is 7.13. The minimum absolute atomic E-state index is 0.0410. The fourth-order valence-electron chi connectivity index (χ4n) is 3.28. The molecule has 2 heterocycles. The first kappa shape index (κ1) is 21.9. The second kappa shape index (κ2) is 9.84. The van der Waals surface area contributed by atoms with E-state index in [0.29, 0.717) is 17.8 Å². The Hall–Kier alpha value is -3.75. The Kier molecular flexibility index (Phi) is 6.96. The van der Waals surface area contributed by atoms with Crippen molar-refractivity contribution in [3.05, 3.63) is 53.6 Å². The number of ether oxygens (including phenoxy) is 3. The molecule has 164 valence electrons. The molecule has 1 unspecified atom stereocenters. The minimum atomic E-state index is -0.833. The Morgan fingerprint density at radius 1 is 1.32 bits per heavy atom. The highest BCUT2D eigenvalue weighted by molar-refractivity contribution is 5.97. The van der Waals surface area contributed by atoms with Crippen LogP contribution in [0, 0.1) is 5.41 Å². The maximum Gasteiger partial charge on any atom is 0.414 e. The van der Waals surface area contributed by atoms with E-state index in [0.717, 1.165) is 43.4 Å². The van der Waals surface area contributed by atoms with Crippen molar-refractivity contribution in [3.8, 4) is 11.5 Å². The number of amidine groups is 1. The molecule has 2 aromatic carbocycles. The van der Waals surface area contributed by atoms with Gasteiger partial charge in [0.25, 0.3) is 5.97 Å². The lowest BCUT2D eigenvalue weighted by atomic mass is 10.1. The number of hydrogen-bond donors (Lipinski definition) is 3. The van der Waals surface area contributed by atoms with Crippen molar-refractivity contribution in [2.24, 2.45) is 5.73 Å². The third-order valence-corrected chi connectivity index (χ3v) is 4.66. The van der Waals surface area contributed by atoms with E-state index in [1.165, 1.54) is 4.90 Å². The van der Waals surface area contributed by atoms with Crippen LogP contribution in [0.2, 0.25) is 0 Å². The highest BCUT2D eigenvalue weighted by atomic mass is 16.6. The van der Waals surface area contributed by atoms with E-state index in [9.17, 15) is 4.79 Å². The molecule has 0 bridgehead atoms. The number of carboxylic acid groups (broad SMARTS) is 1. The fourth-order valence-corrected chi connectivity index (χ4v) is 3.28. The number of aryl methyl sites for hydroxylation is 1. The molecular formula is C22H25N3O6. The van der Waals surface area contributed by atoms with E-state index in [2.05, 4.69) is 0 Å². The van der Waals surface area contributed by atoms with Crippen molar-refractivity contribution < 1.29 is 28.9 Å². The summed E-state index contributed by atoms with van der Waals surface area (Å²) in [6.45, 7) is 2.49. The van der Waals surface area contributed by atoms with Crippen LogP contribution in [0.15, 0.2) is 42.5 Å². The molecular weight excluding hydrogens is 402 g/mol. The molecule has 0 aromatic heterocycles. The van der Waals surface area contributed by atoms with Crippen LogP contribution in [0.3, 0.4) is 0 Å². The second-order valence-electron chi connectivity index (χ2n) is 7.13. The molecule has 1 fully saturated rings. The summed E-state index contributed by atoms with van der Waals surface area (Å²) in [6.07, 6.45) is 1.19. The van der Waals surface area contributed by atoms with E-state index in [1.807, 2.05) is 18.2 Å². The summed E-state index contributed by atoms with van der Waals surface area (Å²) in [6, 6.07) is 12.8. The minimum Gasteiger partial charge on any atom is -0.493 e. The van der Waals surface area contributed by atoms with Crippen molar-refractivity contribution in [2.75, 3.05) is 24.7 Å². The first-order chi connectivity index (χ1) is 14.8. The van der Waals surface area contributed by atoms with Crippen molar-refractivity contribution in [2.45, 2.75) is 25.9 Å². The third kappa shape index (κ3) is 5.88. The van der Waals surface area contributed by atoms with Gasteiger partial charge in [0.15, 0.2) is 6.10 Å². The first-order valence-corrected chi connectivity index (χ1v) is 9.84. The van der Waals surface area contributed by atoms with Crippen LogP contribution < -0.4 is 20.1 Å². The Balaban J connectivity index is 0.000000628. The summed E-state index contributed by atoms with van der Waals surface area (Å²) in [4.78, 5) is 22.7. The van der Waals surface area contributed by atoms with Gasteiger partial charge in [-0.2, -0.15) is 0 Å². The van der Waals surface area contributed by atoms with Gasteiger partial charge < -0.3 is 25.1 Å². The number of nitrogens with two attached hydrogens (primary N) is 1. The van der Waals surface area contributed by atoms with Gasteiger partial charge in [-0.25, -0.2) is 4.79 Å². The molecule has 0 saturated carbocycles. The van der Waals surface area contributed by atoms with E-state index in [4.69, 9.17) is 35.3 Å². The zero-order valence-corrected chi connectivity index (χ0v) is 17.2. The lowest BCUT2D eigenvalue weighted by Gasteiger charge is -2.18. The van der Waals surface area contributed by atoms with Gasteiger partial charge in [0.05, 0.1) is 13.2 Å². The molecule has 0 spiro atoms. The van der Waals surface area contributed by atoms with Crippen molar-refractivity contribution in [1.82, 2.24) is 0 Å². The number of carboxylic acids is 1. The molecule has 4 rings (SSSR count). The SMILES string of the molecule is CC(=O)O.N=C(N)c1cccc(N2CC(COc3ccc4c(c3)CCCO4)OC2=O)c1. The van der Waals surface area contributed by atoms with Gasteiger partial charge in [-0.15, -0.1) is 0 Å². The van der Waals surface area contributed by atoms with Gasteiger partial charge in [0.2, 0.25) is 0 Å². The molecule has 2 aliphatic rings. The summed E-state index contributed by atoms with van der Waals surface area (Å²) < 4.78 is 16.9. The largest absolute Gasteiger partial charge is 0.493 e. The summed E-state index contributed by atoms with van der Waals surface area (Å²) in [7, 11) is 0. The van der Waals surface area contributed by atoms with Crippen LogP contribution in [0.25, 0.3) is 0 Å². The van der Waals surface area contributed by atoms with Gasteiger partial charge in [0.1, 0.15) is 23.9 Å². The molecule has 0 radical (unpaired) electrons. The number of rotatable bonds is 5. The van der Waals surface area contributed by atoms with Crippen LogP contribution >= 0.6 is 0 Å². The number of fused-ring (bicyclic) bond motifs is 1. The first-order valence-electron chi connectivity index (χ1n) is 9.84. The standard InChI is InChI=1S/C20H21N3O4.C2H4O2/c21-19(22)14-3-1-5-15(9-14)23-11-17(27-20(23)24)12-26-16-6-7-18-13(10-16)4-2-8-25-18;1-2(3)4/h1,3,5-7,9-10,17H,2,4,8,11-12H2,(H3,21,22);1H3,(H,3,4). The van der Waals surface area contributed by atoms with Crippen LogP contribution in [-0.4, -0.2) is 48.9 Å². The lowest BCUT2D eigenvalue weighted by molar-refractivity contribution is -0.134. The van der Waals surface area contributed by atoms with Crippen LogP contribution in [0.1, 0.15) is 24.5 Å². The molecule has 2 aromatic rings. The maximum absolute atomic E-state index is 12.2. The zero-order chi connectivity index (χ0) is 22.4. The van der Waals surface area contributed by atoms with Crippen LogP contribution in [0.4, 0.5) is 10.5 Å². The number of carbonyl (C=O) groups is 2. The molecule has 9 nitrogen and oxygen atoms in total. The molecule has 2 aliphatic heterocycles. The maximum atomic E-state index is 12.2. The summed E-state index contributed by atoms with van der Waals surface area (Å²) >= 11 is 0. The average Bonchev–Trinajstić information content (AvgIpc) is 3.12. The number of hydrogen-bond acceptors (Lipinski definition) is 6. The molecule has 31 heavy (non-hydrogen) atoms. The van der Waals surface area contributed by atoms with E-state index in [-0.39, 0.29) is 18.5 Å². The smallest absolute Gasteiger partial charge is 0.414 e. The summed E-state index contributed by atoms with van der Waals surface area (Å²) in [5.41, 5.74) is 7.89. The number of benzene rings is 2. The predicted octanol–water partition coefficient (Wildman–Crippen LogP) is 2.79. The molecule has 0 aliphatic carbocycles. The van der Waals surface area contributed by atoms with Gasteiger partial charge in [-0.1, -0.05) is 12.1 Å². The van der Waals surface area contributed by atoms with Crippen molar-refractivity contribution in [3.63, 3.8) is 0 Å². The van der Waals surface area contributed by atoms with E-state index in [1.54, 1.807) is 24.3 Å². The normalized spacial score (nSPS) is 16.9. The van der Waals surface area contributed by atoms with Gasteiger partial charge in [-0.3, -0.25) is 15.1 Å². The Morgan fingerprint density at radius 2 is 2.10 bits per heavy atom. The highest BCUT2D eigenvalue weighted by Gasteiger charge is 2.33. The number of nitrogens with zero attached hydrogens (tertiary/aromatic N) is 1. The fraction of sp³-hybridized carbons (Fsp3) is 0.318. The number of nitrogen functional groups attached to an aromatic ring is 1. The highest BCUT2D eigenvalue weighted by Crippen LogP contribution is 2.29. The monoisotopic (exact) mass is 427 g/mol. The van der Waals surface area contributed by atoms with Crippen LogP contribution in [0.5, 0.6) is 11.5 Å². The van der Waals surface area contributed by atoms with Gasteiger partial charge in [0, 0.05) is 18.2 Å². The van der Waals surface area contributed by atoms with E-state index < -0.39 is 12.1 Å². The summed E-state index contributed by atoms with van der Waals surface area (Å²) in [5.74, 6) is 0.783. The van der Waals surface area contributed by atoms with Crippen molar-refractivity contribution in [1.29, 1.82) is 5.41 Å². The predicted molar refractivity (Wildman–Crippen MR) is 114 cm³/mol. The third-order valence-electron chi connectivity index (χ3n) is 4.66. The van der Waals surface area contributed by atoms with Crippen LogP contribution in [-0.2, 0) is 16.0 Å². The summed E-state index contributed by atoms with van der Waals surface area (Å²) in [5, 5.41) is 15.0. The molecule has 4 N–H and O–H groups in total. The molecule has 1 amide bonds. The number of aliphatic carboxylic acids is 1. The van der Waals surface area contributed by atoms with Crippen molar-refractivity contribution >= 4 is 23.6 Å². The number of cyclic esters (lactones) is 1. The number of anilines is 1. The zero-order valence-electron chi connectivity index (χ0n) is 17.2. The lowest BCUT2D eigenvalue weighted by Crippen LogP contribution is -2.27. The van der Waals surface area contributed by atoms with Gasteiger partial charge in [-0.05, 0) is 48.7 Å². The number of nitrogens with one attached hydrogen (secondary N) is 1. The van der Waals surface area contributed by atoms with E-state index >= 15 is 0 Å². The van der Waals surface area contributed by atoms with Gasteiger partial charge >= 0.3 is 6.09 Å². The Bertz CT molecular complexity index is 973. The number of amides is 1.